The molecule has 1 fully saturated rings. The van der Waals surface area contributed by atoms with E-state index in [1.165, 1.54) is 18.5 Å². The van der Waals surface area contributed by atoms with Crippen LogP contribution in [0.25, 0.3) is 55.8 Å². The molecule has 7 nitrogen and oxygen atoms in total. The molecule has 0 aliphatic carbocycles. The number of halogens is 4. The van der Waals surface area contributed by atoms with Crippen molar-refractivity contribution in [3.05, 3.63) is 84.3 Å². The van der Waals surface area contributed by atoms with E-state index in [2.05, 4.69) is 30.1 Å². The fourth-order valence-electron chi connectivity index (χ4n) is 5.29. The normalized spacial score (nSPS) is 15.4. The predicted molar refractivity (Wildman–Crippen MR) is 142 cm³/mol. The van der Waals surface area contributed by atoms with Crippen LogP contribution in [0.3, 0.4) is 0 Å². The smallest absolute Gasteiger partial charge is 0.261 e. The molecule has 0 radical (unpaired) electrons. The van der Waals surface area contributed by atoms with E-state index >= 15 is 4.39 Å². The first-order chi connectivity index (χ1) is 19.4. The minimum atomic E-state index is -2.70. The van der Waals surface area contributed by atoms with Crippen molar-refractivity contribution in [1.29, 1.82) is 0 Å². The second kappa shape index (κ2) is 9.23. The molecule has 0 bridgehead atoms. The van der Waals surface area contributed by atoms with Gasteiger partial charge in [0.05, 0.1) is 34.7 Å². The van der Waals surface area contributed by atoms with Crippen LogP contribution in [0.15, 0.2) is 67.1 Å². The molecule has 7 rings (SSSR count). The number of para-hydroxylation sites is 1. The maximum Gasteiger partial charge on any atom is 0.261 e. The van der Waals surface area contributed by atoms with Gasteiger partial charge in [-0.05, 0) is 23.8 Å². The van der Waals surface area contributed by atoms with Crippen LogP contribution in [0.1, 0.15) is 12.0 Å². The number of alkyl halides is 2. The number of benzene rings is 2. The summed E-state index contributed by atoms with van der Waals surface area (Å²) in [7, 11) is 0. The summed E-state index contributed by atoms with van der Waals surface area (Å²) in [6.45, 7) is 0.245. The van der Waals surface area contributed by atoms with Gasteiger partial charge in [0.2, 0.25) is 0 Å². The van der Waals surface area contributed by atoms with E-state index in [1.807, 2.05) is 6.07 Å². The van der Waals surface area contributed by atoms with Gasteiger partial charge in [-0.3, -0.25) is 20.0 Å². The number of aromatic amines is 2. The van der Waals surface area contributed by atoms with E-state index in [0.29, 0.717) is 44.6 Å². The summed E-state index contributed by atoms with van der Waals surface area (Å²) in [5.74, 6) is -3.39. The van der Waals surface area contributed by atoms with Gasteiger partial charge >= 0.3 is 0 Å². The fourth-order valence-corrected chi connectivity index (χ4v) is 5.29. The summed E-state index contributed by atoms with van der Waals surface area (Å²) in [6.07, 6.45) is 4.37. The number of H-pyrrole nitrogens is 2. The number of likely N-dealkylation sites (tertiary alicyclic amines) is 1. The topological polar surface area (TPSA) is 86.4 Å². The average Bonchev–Trinajstić information content (AvgIpc) is 3.65. The van der Waals surface area contributed by atoms with Crippen molar-refractivity contribution in [1.82, 2.24) is 35.0 Å². The quantitative estimate of drug-likeness (QED) is 0.248. The Hall–Kier alpha value is -4.64. The molecule has 4 aromatic heterocycles. The van der Waals surface area contributed by atoms with Crippen LogP contribution in [0.4, 0.5) is 17.6 Å². The Morgan fingerprint density at radius 1 is 0.925 bits per heavy atom. The SMILES string of the molecule is Fc1ccccc1-c1cccc2[nH]c(-c3n[nH]c4cnc(-c5cncc(CN6CCC(F)(F)C6)c5)c(F)c34)nc12. The lowest BCUT2D eigenvalue weighted by atomic mass is 10.0. The predicted octanol–water partition coefficient (Wildman–Crippen LogP) is 6.35. The number of rotatable bonds is 5. The molecule has 40 heavy (non-hydrogen) atoms. The Morgan fingerprint density at radius 3 is 2.60 bits per heavy atom. The molecule has 0 spiro atoms. The van der Waals surface area contributed by atoms with Crippen molar-refractivity contribution in [2.24, 2.45) is 0 Å². The summed E-state index contributed by atoms with van der Waals surface area (Å²) in [4.78, 5) is 18.0. The van der Waals surface area contributed by atoms with Gasteiger partial charge in [0, 0.05) is 48.6 Å². The molecule has 2 aromatic carbocycles. The molecule has 1 saturated heterocycles. The van der Waals surface area contributed by atoms with Crippen LogP contribution >= 0.6 is 0 Å². The number of hydrogen-bond donors (Lipinski definition) is 2. The average molecular weight is 544 g/mol. The lowest BCUT2D eigenvalue weighted by Crippen LogP contribution is -2.24. The summed E-state index contributed by atoms with van der Waals surface area (Å²) in [5.41, 5.74) is 3.94. The molecule has 200 valence electrons. The van der Waals surface area contributed by atoms with Crippen molar-refractivity contribution >= 4 is 21.9 Å². The molecule has 11 heteroatoms. The summed E-state index contributed by atoms with van der Waals surface area (Å²) < 4.78 is 57.9. The van der Waals surface area contributed by atoms with E-state index in [-0.39, 0.29) is 48.6 Å². The van der Waals surface area contributed by atoms with Gasteiger partial charge in [0.25, 0.3) is 5.92 Å². The minimum Gasteiger partial charge on any atom is -0.337 e. The zero-order valence-electron chi connectivity index (χ0n) is 20.9. The molecule has 0 unspecified atom stereocenters. The van der Waals surface area contributed by atoms with E-state index in [9.17, 15) is 13.2 Å². The van der Waals surface area contributed by atoms with Crippen LogP contribution in [0, 0.1) is 11.6 Å². The van der Waals surface area contributed by atoms with Gasteiger partial charge in [0.1, 0.15) is 17.2 Å². The first kappa shape index (κ1) is 24.4. The Kier molecular flexibility index (Phi) is 5.63. The first-order valence-corrected chi connectivity index (χ1v) is 12.7. The zero-order valence-corrected chi connectivity index (χ0v) is 20.9. The van der Waals surface area contributed by atoms with Gasteiger partial charge in [-0.2, -0.15) is 5.10 Å². The molecular formula is C29H21F4N7. The summed E-state index contributed by atoms with van der Waals surface area (Å²) in [5, 5.41) is 7.30. The van der Waals surface area contributed by atoms with Crippen LogP contribution in [-0.4, -0.2) is 54.0 Å². The highest BCUT2D eigenvalue weighted by Crippen LogP contribution is 2.35. The van der Waals surface area contributed by atoms with Gasteiger partial charge < -0.3 is 4.98 Å². The fraction of sp³-hybridized carbons (Fsp3) is 0.172. The number of imidazole rings is 1. The molecule has 2 N–H and O–H groups in total. The van der Waals surface area contributed by atoms with Gasteiger partial charge in [-0.25, -0.2) is 22.5 Å². The van der Waals surface area contributed by atoms with Crippen molar-refractivity contribution < 1.29 is 17.6 Å². The first-order valence-electron chi connectivity index (χ1n) is 12.7. The Bertz CT molecular complexity index is 1890. The molecule has 0 saturated carbocycles. The van der Waals surface area contributed by atoms with Gasteiger partial charge in [0.15, 0.2) is 11.6 Å². The number of nitrogens with one attached hydrogen (secondary N) is 2. The van der Waals surface area contributed by atoms with Crippen molar-refractivity contribution in [3.63, 3.8) is 0 Å². The number of fused-ring (bicyclic) bond motifs is 2. The highest BCUT2D eigenvalue weighted by atomic mass is 19.3. The second-order valence-electron chi connectivity index (χ2n) is 9.95. The Morgan fingerprint density at radius 2 is 1.77 bits per heavy atom. The maximum atomic E-state index is 16.1. The molecule has 6 aromatic rings. The highest BCUT2D eigenvalue weighted by Gasteiger charge is 2.38. The molecule has 1 aliphatic heterocycles. The van der Waals surface area contributed by atoms with E-state index in [4.69, 9.17) is 0 Å². The third kappa shape index (κ3) is 4.19. The van der Waals surface area contributed by atoms with Crippen LogP contribution in [-0.2, 0) is 6.54 Å². The summed E-state index contributed by atoms with van der Waals surface area (Å²) >= 11 is 0. The maximum absolute atomic E-state index is 16.1. The molecule has 1 aliphatic rings. The standard InChI is InChI=1S/C29H21F4N7/c30-20-6-2-1-4-18(20)19-5-3-7-21-26(19)37-28(36-21)27-23-22(38-39-27)13-35-25(24(23)31)17-10-16(11-34-12-17)14-40-9-8-29(32,33)15-40/h1-7,10-13H,8-9,14-15H2,(H,36,37)(H,38,39). The van der Waals surface area contributed by atoms with E-state index < -0.39 is 11.7 Å². The monoisotopic (exact) mass is 543 g/mol. The van der Waals surface area contributed by atoms with Crippen LogP contribution < -0.4 is 0 Å². The summed E-state index contributed by atoms with van der Waals surface area (Å²) in [6, 6.07) is 13.5. The lowest BCUT2D eigenvalue weighted by Gasteiger charge is -2.15. The van der Waals surface area contributed by atoms with Crippen LogP contribution in [0.5, 0.6) is 0 Å². The van der Waals surface area contributed by atoms with Gasteiger partial charge in [-0.15, -0.1) is 0 Å². The number of nitrogens with zero attached hydrogens (tertiary/aromatic N) is 5. The minimum absolute atomic E-state index is 0.0550. The third-order valence-corrected chi connectivity index (χ3v) is 7.17. The molecule has 0 atom stereocenters. The van der Waals surface area contributed by atoms with E-state index in [1.54, 1.807) is 47.5 Å². The van der Waals surface area contributed by atoms with Gasteiger partial charge in [-0.1, -0.05) is 30.3 Å². The number of pyridine rings is 2. The highest BCUT2D eigenvalue weighted by molar-refractivity contribution is 5.98. The number of aromatic nitrogens is 6. The lowest BCUT2D eigenvalue weighted by molar-refractivity contribution is 0.0115. The molecule has 5 heterocycles. The largest absolute Gasteiger partial charge is 0.337 e. The third-order valence-electron chi connectivity index (χ3n) is 7.17. The van der Waals surface area contributed by atoms with Crippen molar-refractivity contribution in [3.8, 4) is 33.9 Å². The Labute approximate surface area is 224 Å². The van der Waals surface area contributed by atoms with Crippen molar-refractivity contribution in [2.75, 3.05) is 13.1 Å². The number of hydrogen-bond acceptors (Lipinski definition) is 5. The molecular weight excluding hydrogens is 522 g/mol. The van der Waals surface area contributed by atoms with Crippen LogP contribution in [0.2, 0.25) is 0 Å². The Balaban J connectivity index is 1.29. The second-order valence-corrected chi connectivity index (χ2v) is 9.95. The van der Waals surface area contributed by atoms with Crippen molar-refractivity contribution in [2.45, 2.75) is 18.9 Å². The zero-order chi connectivity index (χ0) is 27.4. The molecule has 0 amide bonds. The van der Waals surface area contributed by atoms with E-state index in [0.717, 1.165) is 0 Å².